The Morgan fingerprint density at radius 1 is 1.19 bits per heavy atom. The highest BCUT2D eigenvalue weighted by Gasteiger charge is 2.36. The van der Waals surface area contributed by atoms with Crippen molar-refractivity contribution in [3.8, 4) is 11.5 Å². The van der Waals surface area contributed by atoms with Crippen LogP contribution in [0.3, 0.4) is 0 Å². The fourth-order valence-electron chi connectivity index (χ4n) is 3.97. The molecule has 0 fully saturated rings. The summed E-state index contributed by atoms with van der Waals surface area (Å²) in [6.07, 6.45) is 2.01. The number of hydrogen-bond acceptors (Lipinski definition) is 6. The molecule has 0 saturated carbocycles. The summed E-state index contributed by atoms with van der Waals surface area (Å²) >= 11 is 0. The van der Waals surface area contributed by atoms with Crippen LogP contribution in [0, 0.1) is 12.3 Å². The first kappa shape index (κ1) is 23.2. The van der Waals surface area contributed by atoms with E-state index in [0.29, 0.717) is 37.3 Å². The highest BCUT2D eigenvalue weighted by atomic mass is 16.5. The van der Waals surface area contributed by atoms with Gasteiger partial charge in [-0.2, -0.15) is 5.10 Å². The minimum absolute atomic E-state index is 0.0871. The third-order valence-electron chi connectivity index (χ3n) is 5.43. The first-order chi connectivity index (χ1) is 15.1. The number of hydrogen-bond donors (Lipinski definition) is 3. The molecule has 0 bridgehead atoms. The molecular weight excluding hydrogens is 410 g/mol. The molecule has 1 aromatic carbocycles. The monoisotopic (exact) mass is 441 g/mol. The smallest absolute Gasteiger partial charge is 0.287 e. The average Bonchev–Trinajstić information content (AvgIpc) is 3.06. The Bertz CT molecular complexity index is 1060. The Hall–Kier alpha value is -3.49. The Morgan fingerprint density at radius 3 is 2.56 bits per heavy atom. The number of nitrogens with zero attached hydrogens (tertiary/aromatic N) is 2. The van der Waals surface area contributed by atoms with Crippen LogP contribution in [-0.4, -0.2) is 38.3 Å². The van der Waals surface area contributed by atoms with E-state index in [9.17, 15) is 4.79 Å². The van der Waals surface area contributed by atoms with Gasteiger partial charge in [0.25, 0.3) is 5.91 Å². The van der Waals surface area contributed by atoms with Crippen LogP contribution >= 0.6 is 0 Å². The lowest BCUT2D eigenvalue weighted by Crippen LogP contribution is -2.28. The van der Waals surface area contributed by atoms with Gasteiger partial charge < -0.3 is 30.7 Å². The highest BCUT2D eigenvalue weighted by Crippen LogP contribution is 2.39. The Morgan fingerprint density at radius 2 is 1.91 bits per heavy atom. The highest BCUT2D eigenvalue weighted by molar-refractivity contribution is 6.07. The maximum absolute atomic E-state index is 12.9. The molecule has 1 heterocycles. The fourth-order valence-corrected chi connectivity index (χ4v) is 3.97. The lowest BCUT2D eigenvalue weighted by atomic mass is 9.75. The van der Waals surface area contributed by atoms with Crippen molar-refractivity contribution >= 4 is 17.6 Å². The van der Waals surface area contributed by atoms with Crippen molar-refractivity contribution in [1.82, 2.24) is 5.32 Å². The van der Waals surface area contributed by atoms with E-state index in [-0.39, 0.29) is 23.0 Å². The maximum Gasteiger partial charge on any atom is 0.287 e. The van der Waals surface area contributed by atoms with E-state index in [0.717, 1.165) is 28.2 Å². The molecule has 9 heteroatoms. The lowest BCUT2D eigenvalue weighted by molar-refractivity contribution is 0.0922. The molecule has 2 aromatic rings. The summed E-state index contributed by atoms with van der Waals surface area (Å²) < 4.78 is 16.6. The van der Waals surface area contributed by atoms with Gasteiger partial charge in [-0.3, -0.25) is 4.79 Å². The quantitative estimate of drug-likeness (QED) is 0.343. The van der Waals surface area contributed by atoms with Gasteiger partial charge in [0.1, 0.15) is 5.76 Å². The number of carbonyl (C=O) groups is 1. The first-order valence-electron chi connectivity index (χ1n) is 10.4. The number of furan rings is 1. The van der Waals surface area contributed by atoms with E-state index in [1.807, 2.05) is 25.1 Å². The molecule has 0 radical (unpaired) electrons. The van der Waals surface area contributed by atoms with E-state index in [4.69, 9.17) is 25.4 Å². The molecular formula is C23H31N5O4. The van der Waals surface area contributed by atoms with Crippen molar-refractivity contribution < 1.29 is 18.7 Å². The van der Waals surface area contributed by atoms with Crippen molar-refractivity contribution in [1.29, 1.82) is 0 Å². The van der Waals surface area contributed by atoms with E-state index in [2.05, 4.69) is 29.4 Å². The molecule has 5 N–H and O–H groups in total. The number of guanidine groups is 1. The number of ether oxygens (including phenoxy) is 2. The van der Waals surface area contributed by atoms with Gasteiger partial charge in [-0.05, 0) is 42.9 Å². The summed E-state index contributed by atoms with van der Waals surface area (Å²) in [6, 6.07) is 5.69. The number of amides is 1. The predicted octanol–water partition coefficient (Wildman–Crippen LogP) is 2.53. The Balaban J connectivity index is 1.76. The Labute approximate surface area is 187 Å². The van der Waals surface area contributed by atoms with Crippen molar-refractivity contribution in [2.24, 2.45) is 27.1 Å². The van der Waals surface area contributed by atoms with Gasteiger partial charge in [0.05, 0.1) is 19.9 Å². The van der Waals surface area contributed by atoms with Crippen LogP contribution in [0.1, 0.15) is 53.3 Å². The molecule has 0 atom stereocenters. The zero-order chi connectivity index (χ0) is 23.5. The number of benzene rings is 1. The zero-order valence-electron chi connectivity index (χ0n) is 19.2. The summed E-state index contributed by atoms with van der Waals surface area (Å²) in [5.41, 5.74) is 14.1. The molecule has 0 spiro atoms. The number of carbonyl (C=O) groups excluding carboxylic acids is 1. The molecule has 3 rings (SSSR count). The molecule has 9 nitrogen and oxygen atoms in total. The molecule has 0 aliphatic heterocycles. The Kier molecular flexibility index (Phi) is 6.76. The van der Waals surface area contributed by atoms with Gasteiger partial charge in [-0.25, -0.2) is 0 Å². The lowest BCUT2D eigenvalue weighted by Gasteiger charge is -2.29. The molecule has 172 valence electrons. The molecule has 0 saturated heterocycles. The molecule has 1 aliphatic carbocycles. The number of rotatable bonds is 7. The van der Waals surface area contributed by atoms with E-state index >= 15 is 0 Å². The second kappa shape index (κ2) is 9.33. The van der Waals surface area contributed by atoms with Gasteiger partial charge in [0, 0.05) is 24.1 Å². The molecule has 1 aliphatic rings. The van der Waals surface area contributed by atoms with Crippen LogP contribution in [0.4, 0.5) is 0 Å². The van der Waals surface area contributed by atoms with E-state index < -0.39 is 0 Å². The van der Waals surface area contributed by atoms with Crippen LogP contribution in [-0.2, 0) is 12.8 Å². The van der Waals surface area contributed by atoms with Crippen LogP contribution < -0.4 is 26.3 Å². The summed E-state index contributed by atoms with van der Waals surface area (Å²) in [5, 5.41) is 11.0. The van der Waals surface area contributed by atoms with Gasteiger partial charge in [0.15, 0.2) is 17.3 Å². The molecule has 0 unspecified atom stereocenters. The van der Waals surface area contributed by atoms with Crippen LogP contribution in [0.15, 0.2) is 32.8 Å². The van der Waals surface area contributed by atoms with Crippen molar-refractivity contribution in [2.75, 3.05) is 20.8 Å². The summed E-state index contributed by atoms with van der Waals surface area (Å²) in [7, 11) is 3.19. The predicted molar refractivity (Wildman–Crippen MR) is 123 cm³/mol. The first-order valence-corrected chi connectivity index (χ1v) is 10.4. The number of nitrogens with one attached hydrogen (secondary N) is 1. The number of fused-ring (bicyclic) bond motifs is 1. The number of methoxy groups -OCH3 is 2. The van der Waals surface area contributed by atoms with Crippen molar-refractivity contribution in [3.05, 3.63) is 46.4 Å². The maximum atomic E-state index is 12.9. The topological polar surface area (TPSA) is 137 Å². The molecule has 1 amide bonds. The van der Waals surface area contributed by atoms with Gasteiger partial charge in [0.2, 0.25) is 5.96 Å². The minimum atomic E-state index is -0.267. The SMILES string of the molecule is COc1ccc(CCNC(=O)c2oc3c(c2C)/C(=N\N=C(N)N)CC(C)(C)C3)cc1OC. The second-order valence-corrected chi connectivity index (χ2v) is 8.64. The summed E-state index contributed by atoms with van der Waals surface area (Å²) in [5.74, 6) is 1.96. The second-order valence-electron chi connectivity index (χ2n) is 8.64. The number of nitrogens with two attached hydrogens (primary N) is 2. The van der Waals surface area contributed by atoms with E-state index in [1.165, 1.54) is 0 Å². The molecule has 1 aromatic heterocycles. The minimum Gasteiger partial charge on any atom is -0.493 e. The van der Waals surface area contributed by atoms with Crippen LogP contribution in [0.5, 0.6) is 11.5 Å². The fraction of sp³-hybridized carbons (Fsp3) is 0.435. The average molecular weight is 442 g/mol. The van der Waals surface area contributed by atoms with Crippen LogP contribution in [0.2, 0.25) is 0 Å². The van der Waals surface area contributed by atoms with Gasteiger partial charge >= 0.3 is 0 Å². The van der Waals surface area contributed by atoms with Gasteiger partial charge in [-0.1, -0.05) is 19.9 Å². The van der Waals surface area contributed by atoms with Crippen LogP contribution in [0.25, 0.3) is 0 Å². The normalized spacial score (nSPS) is 15.7. The van der Waals surface area contributed by atoms with E-state index in [1.54, 1.807) is 14.2 Å². The third kappa shape index (κ3) is 5.04. The molecule has 32 heavy (non-hydrogen) atoms. The third-order valence-corrected chi connectivity index (χ3v) is 5.43. The summed E-state index contributed by atoms with van der Waals surface area (Å²) in [4.78, 5) is 12.9. The van der Waals surface area contributed by atoms with Crippen molar-refractivity contribution in [3.63, 3.8) is 0 Å². The zero-order valence-corrected chi connectivity index (χ0v) is 19.2. The largest absolute Gasteiger partial charge is 0.493 e. The van der Waals surface area contributed by atoms with Gasteiger partial charge in [-0.15, -0.1) is 5.10 Å². The van der Waals surface area contributed by atoms with Crippen molar-refractivity contribution in [2.45, 2.75) is 40.0 Å². The standard InChI is InChI=1S/C23H31N5O4/c1-13-19-15(27-28-22(24)25)11-23(2,3)12-18(19)32-20(13)21(29)26-9-8-14-6-7-16(30-4)17(10-14)31-5/h6-7,10H,8-9,11-12H2,1-5H3,(H,26,29)(H4,24,25,28)/b27-15-. The summed E-state index contributed by atoms with van der Waals surface area (Å²) in [6.45, 7) is 6.53.